The molecule has 0 saturated heterocycles. The fraction of sp³-hybridized carbons (Fsp3) is 0.217. The summed E-state index contributed by atoms with van der Waals surface area (Å²) in [4.78, 5) is -4.13. The first-order chi connectivity index (χ1) is 24.5. The van der Waals surface area contributed by atoms with Gasteiger partial charge in [-0.3, -0.25) is 18.2 Å². The Kier molecular flexibility index (Phi) is 12.8. The molecule has 25 nitrogen and oxygen atoms in total. The van der Waals surface area contributed by atoms with E-state index in [-0.39, 0.29) is 16.6 Å². The van der Waals surface area contributed by atoms with Gasteiger partial charge in [-0.1, -0.05) is 0 Å². The highest BCUT2D eigenvalue weighted by atomic mass is 32.3. The van der Waals surface area contributed by atoms with Crippen LogP contribution < -0.4 is 11.5 Å². The van der Waals surface area contributed by atoms with E-state index < -0.39 is 133 Å². The number of nitrogens with two attached hydrogens (primary N) is 2. The Bertz CT molecular complexity index is 2700. The van der Waals surface area contributed by atoms with Crippen molar-refractivity contribution in [3.05, 3.63) is 48.5 Å². The number of hydrogen-bond donors (Lipinski definition) is 8. The van der Waals surface area contributed by atoms with Gasteiger partial charge in [0.2, 0.25) is 13.9 Å². The fourth-order valence-electron chi connectivity index (χ4n) is 4.06. The summed E-state index contributed by atoms with van der Waals surface area (Å²) in [7, 11) is -31.1. The van der Waals surface area contributed by atoms with Crippen LogP contribution in [0.4, 0.5) is 34.1 Å². The van der Waals surface area contributed by atoms with Crippen LogP contribution in [0.25, 0.3) is 0 Å². The molecule has 3 rings (SSSR count). The lowest BCUT2D eigenvalue weighted by Crippen LogP contribution is -2.52. The standard InChI is InChI=1S/C23H26N6O19S6/c24-20-17(28-27-16-6-5-15(9-18(16)51(36,37)38)50(34,35)23(11-30,12-31)53(42,43)44)10-19(52(39,40)41)21(25)22(20)29-26-13-1-3-14(4-2-13)49(32,33)8-7-48-54(45,46)47/h1-6,9-10,30-31H,7-8,11-12,24-25H2,(H,36,37,38)(H,39,40,41)(H,42,43,44)(H,45,46,47). The average Bonchev–Trinajstić information content (AvgIpc) is 3.02. The van der Waals surface area contributed by atoms with Crippen LogP contribution in [-0.2, 0) is 64.6 Å². The highest BCUT2D eigenvalue weighted by Crippen LogP contribution is 2.43. The first-order valence-corrected chi connectivity index (χ1v) is 22.4. The molecule has 0 radical (unpaired) electrons. The Hall–Kier alpha value is -4.12. The van der Waals surface area contributed by atoms with Gasteiger partial charge in [-0.15, -0.1) is 15.3 Å². The molecule has 0 aliphatic carbocycles. The van der Waals surface area contributed by atoms with Gasteiger partial charge in [-0.05, 0) is 48.5 Å². The molecule has 0 atom stereocenters. The first kappa shape index (κ1) is 44.3. The number of sulfone groups is 2. The maximum Gasteiger partial charge on any atom is 0.397 e. The molecule has 10 N–H and O–H groups in total. The van der Waals surface area contributed by atoms with E-state index in [1.165, 1.54) is 0 Å². The van der Waals surface area contributed by atoms with Crippen LogP contribution in [0.3, 0.4) is 0 Å². The SMILES string of the molecule is Nc1c(N=Nc2ccc(S(=O)(=O)C(CO)(CO)S(=O)(=O)O)cc2S(=O)(=O)O)cc(S(=O)(=O)O)c(N)c1N=Nc1ccc(S(=O)(=O)CCOS(=O)(=O)O)cc1. The average molecular weight is 883 g/mol. The summed E-state index contributed by atoms with van der Waals surface area (Å²) in [6, 6.07) is 5.79. The van der Waals surface area contributed by atoms with Crippen molar-refractivity contribution >= 4 is 94.6 Å². The van der Waals surface area contributed by atoms with E-state index in [0.717, 1.165) is 24.3 Å². The zero-order valence-corrected chi connectivity index (χ0v) is 31.2. The van der Waals surface area contributed by atoms with Crippen molar-refractivity contribution in [2.45, 2.75) is 23.7 Å². The van der Waals surface area contributed by atoms with Crippen molar-refractivity contribution in [1.82, 2.24) is 0 Å². The van der Waals surface area contributed by atoms with Crippen molar-refractivity contribution in [2.24, 2.45) is 20.5 Å². The molecule has 0 bridgehead atoms. The first-order valence-electron chi connectivity index (χ1n) is 13.5. The number of aliphatic hydroxyl groups excluding tert-OH is 2. The molecule has 298 valence electrons. The molecule has 0 aliphatic heterocycles. The number of aliphatic hydroxyl groups is 2. The Morgan fingerprint density at radius 2 is 1.13 bits per heavy atom. The third kappa shape index (κ3) is 9.57. The zero-order valence-electron chi connectivity index (χ0n) is 26.3. The van der Waals surface area contributed by atoms with E-state index in [9.17, 15) is 74.4 Å². The summed E-state index contributed by atoms with van der Waals surface area (Å²) in [5.74, 6) is -0.863. The van der Waals surface area contributed by atoms with Gasteiger partial charge < -0.3 is 21.7 Å². The van der Waals surface area contributed by atoms with E-state index in [1.807, 2.05) is 0 Å². The summed E-state index contributed by atoms with van der Waals surface area (Å²) >= 11 is 0. The monoisotopic (exact) mass is 882 g/mol. The van der Waals surface area contributed by atoms with Gasteiger partial charge in [0, 0.05) is 0 Å². The molecule has 54 heavy (non-hydrogen) atoms. The molecule has 0 aromatic heterocycles. The predicted molar refractivity (Wildman–Crippen MR) is 181 cm³/mol. The summed E-state index contributed by atoms with van der Waals surface area (Å²) in [5.41, 5.74) is 7.89. The Morgan fingerprint density at radius 1 is 0.611 bits per heavy atom. The van der Waals surface area contributed by atoms with Crippen LogP contribution >= 0.6 is 0 Å². The molecule has 0 spiro atoms. The highest BCUT2D eigenvalue weighted by molar-refractivity contribution is 8.08. The van der Waals surface area contributed by atoms with Crippen molar-refractivity contribution in [2.75, 3.05) is 37.0 Å². The molecule has 0 heterocycles. The quantitative estimate of drug-likeness (QED) is 0.0537. The van der Waals surface area contributed by atoms with E-state index in [1.54, 1.807) is 0 Å². The minimum atomic E-state index is -5.81. The summed E-state index contributed by atoms with van der Waals surface area (Å²) in [6.45, 7) is -4.74. The second-order valence-electron chi connectivity index (χ2n) is 10.3. The minimum absolute atomic E-state index is 0.129. The molecule has 3 aromatic carbocycles. The maximum absolute atomic E-state index is 13.1. The van der Waals surface area contributed by atoms with Crippen LogP contribution in [0, 0.1) is 0 Å². The molecule has 0 saturated carbocycles. The molecular weight excluding hydrogens is 857 g/mol. The van der Waals surface area contributed by atoms with E-state index >= 15 is 0 Å². The van der Waals surface area contributed by atoms with Gasteiger partial charge in [0.15, 0.2) is 9.84 Å². The van der Waals surface area contributed by atoms with Gasteiger partial charge in [0.05, 0.1) is 52.4 Å². The second-order valence-corrected chi connectivity index (χ2v) is 20.5. The lowest BCUT2D eigenvalue weighted by molar-refractivity contribution is 0.197. The van der Waals surface area contributed by atoms with Crippen LogP contribution in [0.2, 0.25) is 0 Å². The van der Waals surface area contributed by atoms with Gasteiger partial charge in [-0.2, -0.15) is 38.8 Å². The van der Waals surface area contributed by atoms with Crippen LogP contribution in [0.15, 0.2) is 88.6 Å². The molecule has 0 fully saturated rings. The van der Waals surface area contributed by atoms with Crippen LogP contribution in [0.1, 0.15) is 0 Å². The number of benzene rings is 3. The number of nitrogens with zero attached hydrogens (tertiary/aromatic N) is 4. The molecular formula is C23H26N6O19S6. The highest BCUT2D eigenvalue weighted by Gasteiger charge is 2.55. The lowest BCUT2D eigenvalue weighted by Gasteiger charge is -2.26. The third-order valence-electron chi connectivity index (χ3n) is 6.87. The number of hydrogen-bond acceptors (Lipinski definition) is 21. The Balaban J connectivity index is 2.13. The van der Waals surface area contributed by atoms with Crippen LogP contribution in [0.5, 0.6) is 0 Å². The summed E-state index contributed by atoms with van der Waals surface area (Å²) in [5, 5.41) is 33.6. The Labute approximate surface area is 306 Å². The maximum atomic E-state index is 13.1. The number of anilines is 2. The third-order valence-corrected chi connectivity index (χ3v) is 15.4. The summed E-state index contributed by atoms with van der Waals surface area (Å²) in [6.07, 6.45) is 0. The number of rotatable bonds is 16. The zero-order chi connectivity index (χ0) is 41.3. The van der Waals surface area contributed by atoms with E-state index in [0.29, 0.717) is 18.2 Å². The van der Waals surface area contributed by atoms with Crippen molar-refractivity contribution in [3.63, 3.8) is 0 Å². The van der Waals surface area contributed by atoms with Gasteiger partial charge in [0.1, 0.15) is 26.9 Å². The number of azo groups is 2. The molecule has 0 aliphatic rings. The van der Waals surface area contributed by atoms with Crippen molar-refractivity contribution < 1.29 is 83.1 Å². The van der Waals surface area contributed by atoms with Gasteiger partial charge >= 0.3 is 10.4 Å². The van der Waals surface area contributed by atoms with Gasteiger partial charge in [0.25, 0.3) is 30.4 Å². The summed E-state index contributed by atoms with van der Waals surface area (Å²) < 4.78 is 183. The molecule has 3 aromatic rings. The minimum Gasteiger partial charge on any atom is -0.396 e. The second kappa shape index (κ2) is 15.6. The van der Waals surface area contributed by atoms with Crippen molar-refractivity contribution in [1.29, 1.82) is 0 Å². The smallest absolute Gasteiger partial charge is 0.396 e. The molecule has 0 amide bonds. The normalized spacial score (nSPS) is 13.9. The van der Waals surface area contributed by atoms with E-state index in [4.69, 9.17) is 16.0 Å². The number of nitrogen functional groups attached to an aromatic ring is 2. The van der Waals surface area contributed by atoms with E-state index in [2.05, 4.69) is 24.6 Å². The Morgan fingerprint density at radius 3 is 1.61 bits per heavy atom. The fourth-order valence-corrected chi connectivity index (χ4v) is 9.92. The molecule has 0 unspecified atom stereocenters. The predicted octanol–water partition coefficient (Wildman–Crippen LogP) is 0.111. The topological polar surface area (TPSA) is 437 Å². The van der Waals surface area contributed by atoms with Crippen LogP contribution in [-0.4, -0.2) is 109 Å². The lowest BCUT2D eigenvalue weighted by atomic mass is 10.2. The largest absolute Gasteiger partial charge is 0.397 e. The van der Waals surface area contributed by atoms with Crippen molar-refractivity contribution in [3.8, 4) is 0 Å². The molecule has 31 heteroatoms. The van der Waals surface area contributed by atoms with Gasteiger partial charge in [-0.25, -0.2) is 21.0 Å².